The predicted octanol–water partition coefficient (Wildman–Crippen LogP) is 3.52. The van der Waals surface area contributed by atoms with Crippen LogP contribution in [0.3, 0.4) is 0 Å². The molecule has 0 aliphatic rings. The van der Waals surface area contributed by atoms with Gasteiger partial charge in [-0.25, -0.2) is 9.48 Å². The Labute approximate surface area is 169 Å². The Bertz CT molecular complexity index is 1210. The Kier molecular flexibility index (Phi) is 5.22. The zero-order valence-corrected chi connectivity index (χ0v) is 16.7. The van der Waals surface area contributed by atoms with Crippen LogP contribution < -0.4 is 5.56 Å². The van der Waals surface area contributed by atoms with Crippen molar-refractivity contribution in [2.75, 3.05) is 0 Å². The molecule has 0 saturated carbocycles. The van der Waals surface area contributed by atoms with Gasteiger partial charge in [-0.3, -0.25) is 4.79 Å². The molecular formula is C20H18N4O4S. The summed E-state index contributed by atoms with van der Waals surface area (Å²) in [5.74, 6) is 0.163. The maximum Gasteiger partial charge on any atom is 0.359 e. The molecule has 3 heterocycles. The Balaban J connectivity index is 1.60. The van der Waals surface area contributed by atoms with E-state index in [2.05, 4.69) is 15.2 Å². The molecule has 0 fully saturated rings. The predicted molar refractivity (Wildman–Crippen MR) is 108 cm³/mol. The summed E-state index contributed by atoms with van der Waals surface area (Å²) in [6.45, 7) is 4.17. The number of hydrogen-bond donors (Lipinski definition) is 0. The lowest BCUT2D eigenvalue weighted by Crippen LogP contribution is -2.28. The highest BCUT2D eigenvalue weighted by atomic mass is 32.1. The molecule has 0 aliphatic heterocycles. The molecule has 4 rings (SSSR count). The van der Waals surface area contributed by atoms with Crippen molar-refractivity contribution in [1.82, 2.24) is 19.9 Å². The molecule has 0 spiro atoms. The molecule has 0 N–H and O–H groups in total. The van der Waals surface area contributed by atoms with Crippen LogP contribution in [0.2, 0.25) is 0 Å². The first-order valence-corrected chi connectivity index (χ1v) is 9.94. The quantitative estimate of drug-likeness (QED) is 0.448. The zero-order valence-electron chi connectivity index (χ0n) is 15.9. The van der Waals surface area contributed by atoms with E-state index in [1.807, 2.05) is 31.4 Å². The minimum atomic E-state index is -0.658. The van der Waals surface area contributed by atoms with Crippen molar-refractivity contribution in [2.45, 2.75) is 27.0 Å². The molecule has 9 heteroatoms. The maximum atomic E-state index is 12.7. The number of fused-ring (bicyclic) bond motifs is 1. The number of carbonyl (C=O) groups is 1. The standard InChI is InChI=1S/C20H18N4O4S/c1-12(2)10-24-19(25)14-7-4-3-6-13(14)17(22-24)20(26)27-11-16-21-18(23-28-16)15-8-5-9-29-15/h3-9,12H,10-11H2,1-2H3. The summed E-state index contributed by atoms with van der Waals surface area (Å²) in [5.41, 5.74) is -0.151. The first-order chi connectivity index (χ1) is 14.0. The number of benzene rings is 1. The van der Waals surface area contributed by atoms with Gasteiger partial charge < -0.3 is 9.26 Å². The Morgan fingerprint density at radius 2 is 2.00 bits per heavy atom. The van der Waals surface area contributed by atoms with Gasteiger partial charge in [-0.2, -0.15) is 10.1 Å². The summed E-state index contributed by atoms with van der Waals surface area (Å²) >= 11 is 1.48. The number of nitrogens with zero attached hydrogens (tertiary/aromatic N) is 4. The molecule has 0 saturated heterocycles. The Hall–Kier alpha value is -3.33. The first kappa shape index (κ1) is 19.0. The van der Waals surface area contributed by atoms with Gasteiger partial charge in [0.1, 0.15) is 0 Å². The number of hydrogen-bond acceptors (Lipinski definition) is 8. The van der Waals surface area contributed by atoms with Crippen molar-refractivity contribution >= 4 is 28.1 Å². The molecule has 0 amide bonds. The number of thiophene rings is 1. The van der Waals surface area contributed by atoms with E-state index in [0.29, 0.717) is 23.1 Å². The van der Waals surface area contributed by atoms with Gasteiger partial charge in [0.2, 0.25) is 5.82 Å². The fourth-order valence-electron chi connectivity index (χ4n) is 2.87. The van der Waals surface area contributed by atoms with Gasteiger partial charge in [0.05, 0.1) is 10.3 Å². The van der Waals surface area contributed by atoms with Crippen molar-refractivity contribution < 1.29 is 14.1 Å². The lowest BCUT2D eigenvalue weighted by atomic mass is 10.1. The van der Waals surface area contributed by atoms with E-state index in [9.17, 15) is 9.59 Å². The minimum absolute atomic E-state index is 0.0823. The number of aromatic nitrogens is 4. The second kappa shape index (κ2) is 7.96. The van der Waals surface area contributed by atoms with Crippen molar-refractivity contribution in [2.24, 2.45) is 5.92 Å². The van der Waals surface area contributed by atoms with Gasteiger partial charge in [-0.1, -0.05) is 43.3 Å². The smallest absolute Gasteiger partial charge is 0.359 e. The molecule has 0 atom stereocenters. The molecule has 0 bridgehead atoms. The van der Waals surface area contributed by atoms with E-state index < -0.39 is 5.97 Å². The highest BCUT2D eigenvalue weighted by Crippen LogP contribution is 2.21. The molecule has 29 heavy (non-hydrogen) atoms. The van der Waals surface area contributed by atoms with Crippen LogP contribution >= 0.6 is 11.3 Å². The molecule has 1 aromatic carbocycles. The third-order valence-electron chi connectivity index (χ3n) is 4.14. The highest BCUT2D eigenvalue weighted by molar-refractivity contribution is 7.13. The van der Waals surface area contributed by atoms with Crippen molar-refractivity contribution in [3.8, 4) is 10.7 Å². The van der Waals surface area contributed by atoms with E-state index in [4.69, 9.17) is 9.26 Å². The lowest BCUT2D eigenvalue weighted by molar-refractivity contribution is 0.0422. The van der Waals surface area contributed by atoms with E-state index >= 15 is 0 Å². The van der Waals surface area contributed by atoms with Crippen molar-refractivity contribution in [3.05, 3.63) is 63.7 Å². The monoisotopic (exact) mass is 410 g/mol. The summed E-state index contributed by atoms with van der Waals surface area (Å²) in [6, 6.07) is 10.6. The molecule has 0 aliphatic carbocycles. The van der Waals surface area contributed by atoms with Crippen molar-refractivity contribution in [3.63, 3.8) is 0 Å². The van der Waals surface area contributed by atoms with Gasteiger partial charge in [0.15, 0.2) is 12.3 Å². The summed E-state index contributed by atoms with van der Waals surface area (Å²) in [5, 5.41) is 10.9. The molecule has 3 aromatic heterocycles. The average Bonchev–Trinajstić information content (AvgIpc) is 3.39. The molecule has 148 valence electrons. The number of esters is 1. The van der Waals surface area contributed by atoms with Crippen LogP contribution in [0.5, 0.6) is 0 Å². The summed E-state index contributed by atoms with van der Waals surface area (Å²) < 4.78 is 11.8. The second-order valence-corrected chi connectivity index (χ2v) is 7.79. The van der Waals surface area contributed by atoms with Crippen LogP contribution in [-0.2, 0) is 17.9 Å². The van der Waals surface area contributed by atoms with E-state index in [1.165, 1.54) is 16.0 Å². The molecule has 4 aromatic rings. The Morgan fingerprint density at radius 3 is 2.72 bits per heavy atom. The third-order valence-corrected chi connectivity index (χ3v) is 5.00. The maximum absolute atomic E-state index is 12.7. The summed E-state index contributed by atoms with van der Waals surface area (Å²) in [6.07, 6.45) is 0. The minimum Gasteiger partial charge on any atom is -0.451 e. The van der Waals surface area contributed by atoms with Gasteiger partial charge in [0, 0.05) is 11.9 Å². The molecule has 0 radical (unpaired) electrons. The summed E-state index contributed by atoms with van der Waals surface area (Å²) in [7, 11) is 0. The Morgan fingerprint density at radius 1 is 1.21 bits per heavy atom. The zero-order chi connectivity index (χ0) is 20.4. The van der Waals surface area contributed by atoms with Crippen LogP contribution in [0.25, 0.3) is 21.5 Å². The SMILES string of the molecule is CC(C)Cn1nc(C(=O)OCc2nc(-c3cccs3)no2)c2ccccc2c1=O. The van der Waals surface area contributed by atoms with Crippen LogP contribution in [0.4, 0.5) is 0 Å². The van der Waals surface area contributed by atoms with Crippen LogP contribution in [0, 0.1) is 5.92 Å². The number of rotatable bonds is 6. The number of carbonyl (C=O) groups excluding carboxylic acids is 1. The van der Waals surface area contributed by atoms with E-state index in [1.54, 1.807) is 24.3 Å². The second-order valence-electron chi connectivity index (χ2n) is 6.84. The molecule has 8 nitrogen and oxygen atoms in total. The molecular weight excluding hydrogens is 392 g/mol. The van der Waals surface area contributed by atoms with E-state index in [-0.39, 0.29) is 29.7 Å². The normalized spacial score (nSPS) is 11.3. The van der Waals surface area contributed by atoms with Gasteiger partial charge >= 0.3 is 5.97 Å². The first-order valence-electron chi connectivity index (χ1n) is 9.06. The number of ether oxygens (including phenoxy) is 1. The topological polar surface area (TPSA) is 100 Å². The fourth-order valence-corrected chi connectivity index (χ4v) is 3.52. The highest BCUT2D eigenvalue weighted by Gasteiger charge is 2.20. The molecule has 0 unspecified atom stereocenters. The van der Waals surface area contributed by atoms with Crippen molar-refractivity contribution in [1.29, 1.82) is 0 Å². The van der Waals surface area contributed by atoms with Crippen LogP contribution in [0.1, 0.15) is 30.2 Å². The third kappa shape index (κ3) is 3.95. The van der Waals surface area contributed by atoms with Crippen LogP contribution in [-0.4, -0.2) is 25.9 Å². The van der Waals surface area contributed by atoms with Crippen LogP contribution in [0.15, 0.2) is 51.1 Å². The largest absolute Gasteiger partial charge is 0.451 e. The van der Waals surface area contributed by atoms with E-state index in [0.717, 1.165) is 4.88 Å². The van der Waals surface area contributed by atoms with Gasteiger partial charge in [0.25, 0.3) is 11.4 Å². The lowest BCUT2D eigenvalue weighted by Gasteiger charge is -2.11. The van der Waals surface area contributed by atoms with Gasteiger partial charge in [-0.15, -0.1) is 11.3 Å². The van der Waals surface area contributed by atoms with Gasteiger partial charge in [-0.05, 0) is 23.4 Å². The summed E-state index contributed by atoms with van der Waals surface area (Å²) in [4.78, 5) is 30.5. The average molecular weight is 410 g/mol. The fraction of sp³-hybridized carbons (Fsp3) is 0.250.